The van der Waals surface area contributed by atoms with Crippen molar-refractivity contribution in [1.29, 1.82) is 0 Å². The number of hydrogen-bond acceptors (Lipinski definition) is 5. The standard InChI is InChI=1S/C14H23N3OS/c1-2-10-5-7-14(15,8-6-10)13-16-12(17-18-13)11-4-3-9-19-11/h10-11H,2-9,15H2,1H3. The molecule has 1 saturated heterocycles. The molecule has 0 radical (unpaired) electrons. The summed E-state index contributed by atoms with van der Waals surface area (Å²) < 4.78 is 5.49. The van der Waals surface area contributed by atoms with Crippen molar-refractivity contribution in [2.24, 2.45) is 11.7 Å². The zero-order valence-electron chi connectivity index (χ0n) is 11.6. The second-order valence-electron chi connectivity index (χ2n) is 5.97. The zero-order chi connectivity index (χ0) is 13.3. The molecule has 1 aliphatic carbocycles. The third kappa shape index (κ3) is 2.68. The van der Waals surface area contributed by atoms with Gasteiger partial charge in [0.15, 0.2) is 5.82 Å². The van der Waals surface area contributed by atoms with Crippen LogP contribution < -0.4 is 5.73 Å². The molecular formula is C14H23N3OS. The number of nitrogens with two attached hydrogens (primary N) is 1. The molecule has 1 aromatic rings. The molecule has 5 heteroatoms. The number of thioether (sulfide) groups is 1. The molecule has 1 atom stereocenters. The minimum Gasteiger partial charge on any atom is -0.337 e. The molecule has 1 aliphatic heterocycles. The second kappa shape index (κ2) is 5.44. The first kappa shape index (κ1) is 13.4. The summed E-state index contributed by atoms with van der Waals surface area (Å²) in [5.41, 5.74) is 6.13. The van der Waals surface area contributed by atoms with Gasteiger partial charge in [-0.2, -0.15) is 16.7 Å². The van der Waals surface area contributed by atoms with Crippen molar-refractivity contribution in [2.45, 2.75) is 62.7 Å². The monoisotopic (exact) mass is 281 g/mol. The van der Waals surface area contributed by atoms with Gasteiger partial charge in [-0.15, -0.1) is 0 Å². The van der Waals surface area contributed by atoms with Crippen molar-refractivity contribution in [3.63, 3.8) is 0 Å². The summed E-state index contributed by atoms with van der Waals surface area (Å²) in [6.07, 6.45) is 8.00. The van der Waals surface area contributed by atoms with Gasteiger partial charge in [0, 0.05) is 0 Å². The highest BCUT2D eigenvalue weighted by Gasteiger charge is 2.38. The van der Waals surface area contributed by atoms with Crippen LogP contribution in [0.4, 0.5) is 0 Å². The normalized spacial score (nSPS) is 35.7. The maximum Gasteiger partial charge on any atom is 0.246 e. The number of aromatic nitrogens is 2. The molecule has 3 rings (SSSR count). The van der Waals surface area contributed by atoms with Gasteiger partial charge < -0.3 is 10.3 Å². The average molecular weight is 281 g/mol. The molecule has 0 bridgehead atoms. The van der Waals surface area contributed by atoms with Crippen LogP contribution in [0.15, 0.2) is 4.52 Å². The summed E-state index contributed by atoms with van der Waals surface area (Å²) in [5, 5.41) is 4.59. The molecule has 0 spiro atoms. The van der Waals surface area contributed by atoms with Crippen molar-refractivity contribution < 1.29 is 4.52 Å². The molecule has 0 aromatic carbocycles. The molecule has 2 fully saturated rings. The van der Waals surface area contributed by atoms with Gasteiger partial charge in [0.25, 0.3) is 0 Å². The second-order valence-corrected chi connectivity index (χ2v) is 7.28. The van der Waals surface area contributed by atoms with E-state index in [0.29, 0.717) is 11.1 Å². The van der Waals surface area contributed by atoms with Crippen LogP contribution in [0.1, 0.15) is 68.8 Å². The van der Waals surface area contributed by atoms with Crippen LogP contribution in [0.2, 0.25) is 0 Å². The predicted molar refractivity (Wildman–Crippen MR) is 76.8 cm³/mol. The smallest absolute Gasteiger partial charge is 0.246 e. The molecule has 1 unspecified atom stereocenters. The van der Waals surface area contributed by atoms with Crippen LogP contribution >= 0.6 is 11.8 Å². The topological polar surface area (TPSA) is 64.9 Å². The van der Waals surface area contributed by atoms with Gasteiger partial charge in [-0.1, -0.05) is 18.5 Å². The lowest BCUT2D eigenvalue weighted by molar-refractivity contribution is 0.181. The Hall–Kier alpha value is -0.550. The van der Waals surface area contributed by atoms with Crippen LogP contribution in [0, 0.1) is 5.92 Å². The summed E-state index contributed by atoms with van der Waals surface area (Å²) >= 11 is 1.93. The molecular weight excluding hydrogens is 258 g/mol. The summed E-state index contributed by atoms with van der Waals surface area (Å²) in [4.78, 5) is 4.61. The van der Waals surface area contributed by atoms with E-state index in [4.69, 9.17) is 10.3 Å². The maximum absolute atomic E-state index is 6.51. The van der Waals surface area contributed by atoms with E-state index in [1.807, 2.05) is 11.8 Å². The van der Waals surface area contributed by atoms with Gasteiger partial charge >= 0.3 is 0 Å². The number of nitrogens with zero attached hydrogens (tertiary/aromatic N) is 2. The van der Waals surface area contributed by atoms with Crippen molar-refractivity contribution in [3.05, 3.63) is 11.7 Å². The first-order valence-corrected chi connectivity index (χ1v) is 8.51. The fraction of sp³-hybridized carbons (Fsp3) is 0.857. The predicted octanol–water partition coefficient (Wildman–Crippen LogP) is 3.39. The Morgan fingerprint density at radius 1 is 1.37 bits per heavy atom. The van der Waals surface area contributed by atoms with Gasteiger partial charge in [-0.25, -0.2) is 0 Å². The highest BCUT2D eigenvalue weighted by Crippen LogP contribution is 2.41. The fourth-order valence-electron chi connectivity index (χ4n) is 3.16. The molecule has 106 valence electrons. The van der Waals surface area contributed by atoms with E-state index in [2.05, 4.69) is 17.1 Å². The molecule has 19 heavy (non-hydrogen) atoms. The molecule has 0 amide bonds. The molecule has 2 aliphatic rings. The minimum atomic E-state index is -0.375. The largest absolute Gasteiger partial charge is 0.337 e. The fourth-order valence-corrected chi connectivity index (χ4v) is 4.36. The number of rotatable bonds is 3. The van der Waals surface area contributed by atoms with Crippen molar-refractivity contribution in [3.8, 4) is 0 Å². The van der Waals surface area contributed by atoms with Gasteiger partial charge in [-0.05, 0) is 50.2 Å². The van der Waals surface area contributed by atoms with Gasteiger partial charge in [0.2, 0.25) is 5.89 Å². The molecule has 1 aromatic heterocycles. The van der Waals surface area contributed by atoms with Crippen molar-refractivity contribution >= 4 is 11.8 Å². The Balaban J connectivity index is 1.71. The van der Waals surface area contributed by atoms with Crippen LogP contribution in [0.3, 0.4) is 0 Å². The molecule has 2 N–H and O–H groups in total. The highest BCUT2D eigenvalue weighted by atomic mass is 32.2. The maximum atomic E-state index is 6.51. The van der Waals surface area contributed by atoms with Gasteiger partial charge in [0.1, 0.15) is 0 Å². The van der Waals surface area contributed by atoms with Crippen molar-refractivity contribution in [2.75, 3.05) is 5.75 Å². The Labute approximate surface area is 118 Å². The van der Waals surface area contributed by atoms with Crippen LogP contribution in [0.5, 0.6) is 0 Å². The summed E-state index contributed by atoms with van der Waals surface area (Å²) in [6, 6.07) is 0. The van der Waals surface area contributed by atoms with Crippen molar-refractivity contribution in [1.82, 2.24) is 10.1 Å². The van der Waals surface area contributed by atoms with E-state index in [1.165, 1.54) is 37.9 Å². The summed E-state index contributed by atoms with van der Waals surface area (Å²) in [7, 11) is 0. The summed E-state index contributed by atoms with van der Waals surface area (Å²) in [6.45, 7) is 2.26. The van der Waals surface area contributed by atoms with Gasteiger partial charge in [0.05, 0.1) is 10.8 Å². The molecule has 2 heterocycles. The van der Waals surface area contributed by atoms with Crippen LogP contribution in [0.25, 0.3) is 0 Å². The van der Waals surface area contributed by atoms with E-state index < -0.39 is 0 Å². The molecule has 1 saturated carbocycles. The molecule has 4 nitrogen and oxygen atoms in total. The SMILES string of the molecule is CCC1CCC(N)(c2nc(C3CCCS3)no2)CC1. The number of hydrogen-bond donors (Lipinski definition) is 1. The Kier molecular flexibility index (Phi) is 3.85. The quantitative estimate of drug-likeness (QED) is 0.920. The summed E-state index contributed by atoms with van der Waals surface area (Å²) in [5.74, 6) is 3.56. The third-order valence-electron chi connectivity index (χ3n) is 4.66. The zero-order valence-corrected chi connectivity index (χ0v) is 12.4. The highest BCUT2D eigenvalue weighted by molar-refractivity contribution is 7.99. The van der Waals surface area contributed by atoms with Gasteiger partial charge in [-0.3, -0.25) is 0 Å². The van der Waals surface area contributed by atoms with E-state index >= 15 is 0 Å². The van der Waals surface area contributed by atoms with Crippen LogP contribution in [-0.2, 0) is 5.54 Å². The Morgan fingerprint density at radius 3 is 2.79 bits per heavy atom. The Morgan fingerprint density at radius 2 is 2.16 bits per heavy atom. The van der Waals surface area contributed by atoms with E-state index in [0.717, 1.165) is 24.6 Å². The lowest BCUT2D eigenvalue weighted by atomic mass is 9.76. The third-order valence-corrected chi connectivity index (χ3v) is 6.03. The van der Waals surface area contributed by atoms with E-state index in [-0.39, 0.29) is 5.54 Å². The minimum absolute atomic E-state index is 0.375. The lowest BCUT2D eigenvalue weighted by Crippen LogP contribution is -2.40. The first-order valence-electron chi connectivity index (χ1n) is 7.46. The average Bonchev–Trinajstić information content (AvgIpc) is 3.10. The lowest BCUT2D eigenvalue weighted by Gasteiger charge is -2.33. The van der Waals surface area contributed by atoms with E-state index in [9.17, 15) is 0 Å². The van der Waals surface area contributed by atoms with E-state index in [1.54, 1.807) is 0 Å². The Bertz CT molecular complexity index is 420. The first-order chi connectivity index (χ1) is 9.21. The van der Waals surface area contributed by atoms with Crippen LogP contribution in [-0.4, -0.2) is 15.9 Å².